The molecule has 2 heterocycles. The summed E-state index contributed by atoms with van der Waals surface area (Å²) in [6.07, 6.45) is 0.715. The van der Waals surface area contributed by atoms with Crippen LogP contribution in [0.15, 0.2) is 24.3 Å². The topological polar surface area (TPSA) is 49.8 Å². The second-order valence-corrected chi connectivity index (χ2v) is 6.18. The molecule has 2 aliphatic rings. The summed E-state index contributed by atoms with van der Waals surface area (Å²) in [6.45, 7) is 5.46. The van der Waals surface area contributed by atoms with Crippen molar-refractivity contribution in [2.45, 2.75) is 31.8 Å². The summed E-state index contributed by atoms with van der Waals surface area (Å²) in [5.74, 6) is 0.980. The van der Waals surface area contributed by atoms with E-state index in [4.69, 9.17) is 4.74 Å². The molecule has 0 saturated carbocycles. The highest BCUT2D eigenvalue weighted by Gasteiger charge is 2.47. The van der Waals surface area contributed by atoms with Crippen LogP contribution in [-0.2, 0) is 4.79 Å². The quantitative estimate of drug-likeness (QED) is 0.895. The zero-order valence-corrected chi connectivity index (χ0v) is 12.0. The molecule has 0 aromatic heterocycles. The van der Waals surface area contributed by atoms with Crippen molar-refractivity contribution < 1.29 is 14.6 Å². The molecule has 1 aromatic carbocycles. The molecule has 0 aliphatic carbocycles. The van der Waals surface area contributed by atoms with Crippen LogP contribution in [0, 0.1) is 5.92 Å². The van der Waals surface area contributed by atoms with Crippen LogP contribution in [0.25, 0.3) is 0 Å². The molecule has 1 saturated heterocycles. The van der Waals surface area contributed by atoms with Crippen LogP contribution in [0.2, 0.25) is 0 Å². The number of para-hydroxylation sites is 1. The molecule has 4 nitrogen and oxygen atoms in total. The van der Waals surface area contributed by atoms with Gasteiger partial charge >= 0.3 is 0 Å². The molecule has 1 amide bonds. The molecule has 0 bridgehead atoms. The van der Waals surface area contributed by atoms with E-state index < -0.39 is 5.60 Å². The molecule has 2 aliphatic heterocycles. The van der Waals surface area contributed by atoms with Crippen LogP contribution in [0.5, 0.6) is 5.75 Å². The van der Waals surface area contributed by atoms with Crippen molar-refractivity contribution in [3.63, 3.8) is 0 Å². The van der Waals surface area contributed by atoms with Crippen molar-refractivity contribution in [2.75, 3.05) is 19.7 Å². The second kappa shape index (κ2) is 4.77. The molecule has 20 heavy (non-hydrogen) atoms. The number of β-amino-alcohol motifs (C(OH)–C–C–N with tert-alkyl or cyclic N) is 1. The van der Waals surface area contributed by atoms with E-state index in [9.17, 15) is 9.90 Å². The van der Waals surface area contributed by atoms with Crippen molar-refractivity contribution in [3.05, 3.63) is 29.8 Å². The second-order valence-electron chi connectivity index (χ2n) is 6.18. The molecule has 0 spiro atoms. The Morgan fingerprint density at radius 3 is 2.80 bits per heavy atom. The molecule has 0 radical (unpaired) electrons. The Morgan fingerprint density at radius 1 is 1.40 bits per heavy atom. The molecule has 1 fully saturated rings. The lowest BCUT2D eigenvalue weighted by atomic mass is 9.81. The molecule has 1 N–H and O–H groups in total. The molecular formula is C16H21NO3. The Kier molecular flexibility index (Phi) is 3.21. The monoisotopic (exact) mass is 275 g/mol. The standard InChI is InChI=1S/C16H21NO3/c1-11(2)16(19)9-17(10-16)15(18)13-7-8-20-14-6-4-3-5-12(13)14/h3-6,11,13,19H,7-10H2,1-2H3. The first-order valence-corrected chi connectivity index (χ1v) is 7.24. The zero-order chi connectivity index (χ0) is 14.3. The summed E-state index contributed by atoms with van der Waals surface area (Å²) in [5.41, 5.74) is 0.268. The van der Waals surface area contributed by atoms with Crippen molar-refractivity contribution >= 4 is 5.91 Å². The lowest BCUT2D eigenvalue weighted by Gasteiger charge is -2.50. The van der Waals surface area contributed by atoms with E-state index in [0.29, 0.717) is 26.1 Å². The molecule has 3 rings (SSSR count). The minimum Gasteiger partial charge on any atom is -0.493 e. The first-order chi connectivity index (χ1) is 9.51. The van der Waals surface area contributed by atoms with Gasteiger partial charge in [-0.1, -0.05) is 32.0 Å². The maximum absolute atomic E-state index is 12.6. The highest BCUT2D eigenvalue weighted by Crippen LogP contribution is 2.37. The average molecular weight is 275 g/mol. The van der Waals surface area contributed by atoms with Crippen molar-refractivity contribution in [3.8, 4) is 5.75 Å². The van der Waals surface area contributed by atoms with Crippen LogP contribution in [0.3, 0.4) is 0 Å². The SMILES string of the molecule is CC(C)C1(O)CN(C(=O)C2CCOc3ccccc32)C1. The van der Waals surface area contributed by atoms with Gasteiger partial charge in [-0.3, -0.25) is 4.79 Å². The van der Waals surface area contributed by atoms with Crippen molar-refractivity contribution in [1.82, 2.24) is 4.90 Å². The fraction of sp³-hybridized carbons (Fsp3) is 0.562. The van der Waals surface area contributed by atoms with Crippen LogP contribution in [-0.4, -0.2) is 41.2 Å². The van der Waals surface area contributed by atoms with E-state index in [1.807, 2.05) is 38.1 Å². The van der Waals surface area contributed by atoms with Crippen molar-refractivity contribution in [1.29, 1.82) is 0 Å². The number of benzene rings is 1. The Hall–Kier alpha value is -1.55. The van der Waals surface area contributed by atoms with Gasteiger partial charge in [0.25, 0.3) is 0 Å². The maximum Gasteiger partial charge on any atom is 0.230 e. The lowest BCUT2D eigenvalue weighted by molar-refractivity contribution is -0.165. The van der Waals surface area contributed by atoms with Gasteiger partial charge < -0.3 is 14.7 Å². The number of fused-ring (bicyclic) bond motifs is 1. The average Bonchev–Trinajstić information content (AvgIpc) is 2.42. The van der Waals surface area contributed by atoms with Gasteiger partial charge in [0.2, 0.25) is 5.91 Å². The molecule has 1 unspecified atom stereocenters. The van der Waals surface area contributed by atoms with Gasteiger partial charge in [0.1, 0.15) is 11.4 Å². The predicted molar refractivity (Wildman–Crippen MR) is 75.7 cm³/mol. The summed E-state index contributed by atoms with van der Waals surface area (Å²) < 4.78 is 5.59. The van der Waals surface area contributed by atoms with E-state index in [-0.39, 0.29) is 17.7 Å². The fourth-order valence-electron chi connectivity index (χ4n) is 2.95. The summed E-state index contributed by atoms with van der Waals surface area (Å²) >= 11 is 0. The number of amides is 1. The number of carbonyl (C=O) groups excluding carboxylic acids is 1. The summed E-state index contributed by atoms with van der Waals surface area (Å²) in [4.78, 5) is 14.4. The zero-order valence-electron chi connectivity index (χ0n) is 12.0. The number of hydrogen-bond acceptors (Lipinski definition) is 3. The maximum atomic E-state index is 12.6. The largest absolute Gasteiger partial charge is 0.493 e. The van der Waals surface area contributed by atoms with E-state index in [1.165, 1.54) is 0 Å². The van der Waals surface area contributed by atoms with Gasteiger partial charge in [-0.15, -0.1) is 0 Å². The van der Waals surface area contributed by atoms with Gasteiger partial charge in [0.05, 0.1) is 25.6 Å². The number of carbonyl (C=O) groups is 1. The van der Waals surface area contributed by atoms with Gasteiger partial charge in [-0.2, -0.15) is 0 Å². The molecular weight excluding hydrogens is 254 g/mol. The summed E-state index contributed by atoms with van der Waals surface area (Å²) in [6, 6.07) is 7.74. The van der Waals surface area contributed by atoms with Crippen molar-refractivity contribution in [2.24, 2.45) is 5.92 Å². The highest BCUT2D eigenvalue weighted by molar-refractivity contribution is 5.85. The number of rotatable bonds is 2. The number of ether oxygens (including phenoxy) is 1. The van der Waals surface area contributed by atoms with Gasteiger partial charge in [0, 0.05) is 5.56 Å². The Bertz CT molecular complexity index is 520. The first-order valence-electron chi connectivity index (χ1n) is 7.24. The lowest BCUT2D eigenvalue weighted by Crippen LogP contribution is -2.66. The van der Waals surface area contributed by atoms with E-state index in [1.54, 1.807) is 4.90 Å². The minimum absolute atomic E-state index is 0.117. The van der Waals surface area contributed by atoms with Gasteiger partial charge in [-0.05, 0) is 18.4 Å². The van der Waals surface area contributed by atoms with Gasteiger partial charge in [-0.25, -0.2) is 0 Å². The summed E-state index contributed by atoms with van der Waals surface area (Å²) in [5, 5.41) is 10.3. The first kappa shape index (κ1) is 13.4. The number of nitrogens with zero attached hydrogens (tertiary/aromatic N) is 1. The normalized spacial score (nSPS) is 23.8. The fourth-order valence-corrected chi connectivity index (χ4v) is 2.95. The van der Waals surface area contributed by atoms with E-state index in [0.717, 1.165) is 11.3 Å². The number of aliphatic hydroxyl groups is 1. The van der Waals surface area contributed by atoms with Crippen LogP contribution in [0.4, 0.5) is 0 Å². The molecule has 1 aromatic rings. The molecule has 108 valence electrons. The van der Waals surface area contributed by atoms with Gasteiger partial charge in [0.15, 0.2) is 0 Å². The molecule has 4 heteroatoms. The van der Waals surface area contributed by atoms with Crippen LogP contribution >= 0.6 is 0 Å². The third kappa shape index (κ3) is 2.08. The summed E-state index contributed by atoms with van der Waals surface area (Å²) in [7, 11) is 0. The number of hydrogen-bond donors (Lipinski definition) is 1. The predicted octanol–water partition coefficient (Wildman–Crippen LogP) is 1.78. The third-order valence-electron chi connectivity index (χ3n) is 4.57. The Morgan fingerprint density at radius 2 is 2.10 bits per heavy atom. The Balaban J connectivity index is 1.74. The number of likely N-dealkylation sites (tertiary alicyclic amines) is 1. The smallest absolute Gasteiger partial charge is 0.230 e. The van der Waals surface area contributed by atoms with Crippen LogP contribution < -0.4 is 4.74 Å². The molecule has 1 atom stereocenters. The Labute approximate surface area is 119 Å². The third-order valence-corrected chi connectivity index (χ3v) is 4.57. The van der Waals surface area contributed by atoms with Crippen LogP contribution in [0.1, 0.15) is 31.7 Å². The minimum atomic E-state index is -0.708. The highest BCUT2D eigenvalue weighted by atomic mass is 16.5. The van der Waals surface area contributed by atoms with E-state index in [2.05, 4.69) is 0 Å². The van der Waals surface area contributed by atoms with E-state index >= 15 is 0 Å².